The summed E-state index contributed by atoms with van der Waals surface area (Å²) in [5.74, 6) is 0. The third-order valence-electron chi connectivity index (χ3n) is 4.50. The maximum atomic E-state index is 6.06. The van der Waals surface area contributed by atoms with Crippen LogP contribution in [0.4, 0.5) is 0 Å². The zero-order chi connectivity index (χ0) is 17.8. The van der Waals surface area contributed by atoms with Crippen molar-refractivity contribution in [3.63, 3.8) is 0 Å². The second kappa shape index (κ2) is 12.9. The summed E-state index contributed by atoms with van der Waals surface area (Å²) in [6, 6.07) is 0. The molecule has 0 aromatic carbocycles. The molecule has 26 heavy (non-hydrogen) atoms. The second-order valence-electron chi connectivity index (χ2n) is 7.99. The summed E-state index contributed by atoms with van der Waals surface area (Å²) >= 11 is 0. The molecular weight excluding hydrogens is 458 g/mol. The van der Waals surface area contributed by atoms with Gasteiger partial charge in [-0.1, -0.05) is 40.0 Å². The van der Waals surface area contributed by atoms with Crippen molar-refractivity contribution in [3.8, 4) is 0 Å². The number of halogens is 2. The van der Waals surface area contributed by atoms with Crippen molar-refractivity contribution in [1.82, 2.24) is 0 Å². The Kier molecular flexibility index (Phi) is 15.6. The van der Waals surface area contributed by atoms with Gasteiger partial charge in [0.25, 0.3) is 0 Å². The summed E-state index contributed by atoms with van der Waals surface area (Å²) in [4.78, 5) is 0. The molecule has 1 nitrogen and oxygen atoms in total. The molecule has 0 heterocycles. The zero-order valence-electron chi connectivity index (χ0n) is 17.9. The maximum absolute atomic E-state index is 6.06. The quantitative estimate of drug-likeness (QED) is 0.295. The fraction of sp³-hybridized carbons (Fsp3) is 0.619. The molecule has 148 valence electrons. The van der Waals surface area contributed by atoms with Crippen LogP contribution in [0.15, 0.2) is 34.4 Å². The van der Waals surface area contributed by atoms with Crippen molar-refractivity contribution < 1.29 is 30.6 Å². The number of rotatable bonds is 4. The molecule has 0 N–H and O–H groups in total. The molecule has 0 saturated heterocycles. The predicted octanol–water partition coefficient (Wildman–Crippen LogP) is 7.26. The molecule has 1 atom stereocenters. The van der Waals surface area contributed by atoms with Crippen LogP contribution in [0.1, 0.15) is 54.4 Å². The van der Waals surface area contributed by atoms with Gasteiger partial charge in [-0.15, -0.1) is 38.2 Å². The van der Waals surface area contributed by atoms with E-state index in [0.717, 1.165) is 12.8 Å². The Morgan fingerprint density at radius 3 is 1.92 bits per heavy atom. The van der Waals surface area contributed by atoms with E-state index in [9.17, 15) is 0 Å². The third kappa shape index (κ3) is 9.69. The summed E-state index contributed by atoms with van der Waals surface area (Å²) < 4.78 is 6.06. The summed E-state index contributed by atoms with van der Waals surface area (Å²) in [7, 11) is -1.40. The Bertz CT molecular complexity index is 555. The molecule has 0 radical (unpaired) electrons. The summed E-state index contributed by atoms with van der Waals surface area (Å²) in [5.41, 5.74) is 5.65. The molecule has 1 unspecified atom stereocenters. The van der Waals surface area contributed by atoms with Crippen LogP contribution in [-0.4, -0.2) is 14.4 Å². The van der Waals surface area contributed by atoms with Crippen molar-refractivity contribution >= 4 is 33.1 Å². The van der Waals surface area contributed by atoms with Gasteiger partial charge in [0.1, 0.15) is 0 Å². The monoisotopic (exact) mass is 492 g/mol. The third-order valence-corrected chi connectivity index (χ3v) is 5.49. The average Bonchev–Trinajstić information content (AvgIpc) is 3.01. The van der Waals surface area contributed by atoms with Crippen LogP contribution in [-0.2, 0) is 30.6 Å². The fourth-order valence-electron chi connectivity index (χ4n) is 2.84. The standard InChI is InChI=1S/C11H19OSi.C10H15.2ClH.Zr/c1-5-11(12-13(2,3)4)10-8-6-7-9-10;1-7-6-10(4,5)9(3)8(7)2;;;/h6,8,11H,5,7H2,1-4H3;1-5H3;2*1H;/q2*-1;;;+2. The predicted molar refractivity (Wildman–Crippen MR) is 118 cm³/mol. The van der Waals surface area contributed by atoms with E-state index in [1.807, 2.05) is 0 Å². The molecular formula is C21H36Cl2OSiZr. The van der Waals surface area contributed by atoms with E-state index < -0.39 is 8.32 Å². The molecule has 0 aliphatic heterocycles. The Morgan fingerprint density at radius 2 is 1.69 bits per heavy atom. The zero-order valence-corrected chi connectivity index (χ0v) is 23.0. The molecule has 2 aliphatic carbocycles. The number of allylic oxidation sites excluding steroid dienone is 6. The molecule has 0 fully saturated rings. The van der Waals surface area contributed by atoms with E-state index in [1.165, 1.54) is 22.3 Å². The van der Waals surface area contributed by atoms with Gasteiger partial charge in [-0.3, -0.25) is 12.2 Å². The van der Waals surface area contributed by atoms with Crippen molar-refractivity contribution in [2.24, 2.45) is 5.41 Å². The first-order chi connectivity index (χ1) is 10.5. The van der Waals surface area contributed by atoms with E-state index in [1.54, 1.807) is 0 Å². The van der Waals surface area contributed by atoms with Gasteiger partial charge < -0.3 is 4.43 Å². The normalized spacial score (nSPS) is 18.5. The van der Waals surface area contributed by atoms with Crippen LogP contribution in [0, 0.1) is 17.6 Å². The first kappa shape index (κ1) is 31.3. The summed E-state index contributed by atoms with van der Waals surface area (Å²) in [5, 5.41) is 0. The van der Waals surface area contributed by atoms with Gasteiger partial charge in [-0.05, 0) is 26.1 Å². The SMILES string of the molecule is CC1=[C-]C(C)(C)C(C)=C1C.CCC(O[Si](C)(C)C)C1=[C-]CC=C1.Cl.Cl.[Zr+2]. The van der Waals surface area contributed by atoms with E-state index in [0.29, 0.717) is 0 Å². The van der Waals surface area contributed by atoms with Gasteiger partial charge in [-0.2, -0.15) is 22.8 Å². The van der Waals surface area contributed by atoms with Gasteiger partial charge in [0, 0.05) is 6.10 Å². The largest absolute Gasteiger partial charge is 2.00 e. The van der Waals surface area contributed by atoms with Crippen molar-refractivity contribution in [3.05, 3.63) is 46.6 Å². The Balaban J connectivity index is -0.000000374. The first-order valence-corrected chi connectivity index (χ1v) is 12.1. The average molecular weight is 495 g/mol. The Labute approximate surface area is 194 Å². The van der Waals surface area contributed by atoms with Crippen LogP contribution >= 0.6 is 24.8 Å². The van der Waals surface area contributed by atoms with E-state index in [2.05, 4.69) is 85.5 Å². The van der Waals surface area contributed by atoms with Gasteiger partial charge in [0.15, 0.2) is 8.32 Å². The molecule has 0 amide bonds. The van der Waals surface area contributed by atoms with E-state index in [4.69, 9.17) is 4.43 Å². The first-order valence-electron chi connectivity index (χ1n) is 8.73. The van der Waals surface area contributed by atoms with Crippen LogP contribution in [0.3, 0.4) is 0 Å². The summed E-state index contributed by atoms with van der Waals surface area (Å²) in [6.45, 7) is 19.8. The molecule has 5 heteroatoms. The summed E-state index contributed by atoms with van der Waals surface area (Å²) in [6.07, 6.45) is 13.4. The fourth-order valence-corrected chi connectivity index (χ4v) is 3.99. The molecule has 2 rings (SSSR count). The minimum atomic E-state index is -1.40. The van der Waals surface area contributed by atoms with Crippen molar-refractivity contribution in [1.29, 1.82) is 0 Å². The topological polar surface area (TPSA) is 9.23 Å². The van der Waals surface area contributed by atoms with Crippen molar-refractivity contribution in [2.75, 3.05) is 0 Å². The molecule has 0 aromatic rings. The Hall–Kier alpha value is 0.600. The minimum Gasteiger partial charge on any atom is -0.414 e. The van der Waals surface area contributed by atoms with Gasteiger partial charge in [-0.25, -0.2) is 11.6 Å². The smallest absolute Gasteiger partial charge is 0.414 e. The molecule has 0 spiro atoms. The molecule has 0 bridgehead atoms. The minimum absolute atomic E-state index is 0. The van der Waals surface area contributed by atoms with Gasteiger partial charge in [0.2, 0.25) is 0 Å². The molecule has 0 aromatic heterocycles. The van der Waals surface area contributed by atoms with Crippen molar-refractivity contribution in [2.45, 2.75) is 80.1 Å². The van der Waals surface area contributed by atoms with Gasteiger partial charge >= 0.3 is 26.2 Å². The number of hydrogen-bond acceptors (Lipinski definition) is 1. The maximum Gasteiger partial charge on any atom is 2.00 e. The van der Waals surface area contributed by atoms with Gasteiger partial charge in [0.05, 0.1) is 0 Å². The Morgan fingerprint density at radius 1 is 1.15 bits per heavy atom. The van der Waals surface area contributed by atoms with Crippen LogP contribution in [0.5, 0.6) is 0 Å². The second-order valence-corrected chi connectivity index (χ2v) is 12.5. The van der Waals surface area contributed by atoms with Crippen LogP contribution in [0.25, 0.3) is 0 Å². The van der Waals surface area contributed by atoms with E-state index >= 15 is 0 Å². The number of hydrogen-bond donors (Lipinski definition) is 0. The molecule has 0 saturated carbocycles. The van der Waals surface area contributed by atoms with Crippen LogP contribution in [0.2, 0.25) is 19.6 Å². The molecule has 2 aliphatic rings. The van der Waals surface area contributed by atoms with E-state index in [-0.39, 0.29) is 62.5 Å². The van der Waals surface area contributed by atoms with Crippen LogP contribution < -0.4 is 0 Å².